The first-order valence-electron chi connectivity index (χ1n) is 34.2. The molecule has 1 aliphatic heterocycles. The van der Waals surface area contributed by atoms with E-state index in [2.05, 4.69) is 16.9 Å². The van der Waals surface area contributed by atoms with Gasteiger partial charge in [0.1, 0.15) is 61.0 Å². The van der Waals surface area contributed by atoms with Gasteiger partial charge in [-0.3, -0.25) is 13.8 Å². The van der Waals surface area contributed by atoms with Crippen LogP contribution in [0.4, 0.5) is 0 Å². The average Bonchev–Trinajstić information content (AvgIpc) is 0.758. The van der Waals surface area contributed by atoms with Gasteiger partial charge in [-0.2, -0.15) is 0 Å². The molecular formula is C76H100N3O15P. The molecule has 1 saturated carbocycles. The van der Waals surface area contributed by atoms with Gasteiger partial charge in [0.2, 0.25) is 6.79 Å². The Morgan fingerprint density at radius 3 is 1.23 bits per heavy atom. The maximum absolute atomic E-state index is 15.8. The highest BCUT2D eigenvalue weighted by atomic mass is 31.2. The molecule has 2 fully saturated rings. The van der Waals surface area contributed by atoms with Crippen LogP contribution in [0.2, 0.25) is 0 Å². The van der Waals surface area contributed by atoms with Crippen molar-refractivity contribution < 1.29 is 70.3 Å². The summed E-state index contributed by atoms with van der Waals surface area (Å²) in [5, 5.41) is 4.45. The van der Waals surface area contributed by atoms with Gasteiger partial charge in [0, 0.05) is 18.9 Å². The molecule has 12 atom stereocenters. The molecule has 0 radical (unpaired) electrons. The van der Waals surface area contributed by atoms with Crippen LogP contribution in [0, 0.1) is 0 Å². The lowest BCUT2D eigenvalue weighted by molar-refractivity contribution is -0.335. The first-order chi connectivity index (χ1) is 46.7. The van der Waals surface area contributed by atoms with E-state index >= 15 is 4.57 Å². The van der Waals surface area contributed by atoms with Crippen molar-refractivity contribution in [3.63, 3.8) is 0 Å². The van der Waals surface area contributed by atoms with Crippen molar-refractivity contribution in [2.45, 2.75) is 223 Å². The van der Waals surface area contributed by atoms with E-state index in [0.29, 0.717) is 6.42 Å². The van der Waals surface area contributed by atoms with Crippen LogP contribution in [0.15, 0.2) is 187 Å². The second-order valence-electron chi connectivity index (χ2n) is 24.4. The van der Waals surface area contributed by atoms with Gasteiger partial charge >= 0.3 is 13.8 Å². The molecular weight excluding hydrogens is 1230 g/mol. The number of hydrogen-bond acceptors (Lipinski definition) is 16. The van der Waals surface area contributed by atoms with E-state index in [1.807, 2.05) is 182 Å². The molecule has 6 aromatic carbocycles. The fourth-order valence-corrected chi connectivity index (χ4v) is 13.3. The average molecular weight is 1330 g/mol. The maximum Gasteiger partial charge on any atom is 0.478 e. The molecule has 0 aromatic heterocycles. The standard InChI is InChI=1S/C76H100N3O15P/c1-4-5-6-7-8-9-10-11-12-13-14-15-16-17-18-37-50-90-95(81,91-58-89-59(2)80)94-75-70(82-3)71(86-54-63-44-31-22-32-45-63)72(87-55-64-46-33-23-34-47-64)73(88-56-65-48-35-24-36-49-65)74(75)93-76-67(78-79-77)69(85-53-62-42-29-21-30-43-62)68(84-52-61-40-27-20-28-41-61)66(92-76)57-83-51-60-38-25-19-26-39-60/h19-36,38-49,66-76H,4-18,37,50-58H2,1-3H3/t66-,67-,68-,69-,70-,71+,72-,73+,74-,75-,76-,95?/m1/s1. The van der Waals surface area contributed by atoms with Crippen molar-refractivity contribution in [2.75, 3.05) is 27.1 Å². The number of rotatable bonds is 46. The summed E-state index contributed by atoms with van der Waals surface area (Å²) in [6.45, 7) is 3.26. The zero-order valence-corrected chi connectivity index (χ0v) is 56.7. The van der Waals surface area contributed by atoms with Gasteiger partial charge in [-0.05, 0) is 45.3 Å². The van der Waals surface area contributed by atoms with Crippen LogP contribution < -0.4 is 0 Å². The smallest absolute Gasteiger partial charge is 0.438 e. The minimum absolute atomic E-state index is 0.0160. The Kier molecular flexibility index (Phi) is 33.9. The number of unbranched alkanes of at least 4 members (excludes halogenated alkanes) is 15. The molecule has 514 valence electrons. The summed E-state index contributed by atoms with van der Waals surface area (Å²) in [5.41, 5.74) is 15.9. The molecule has 0 N–H and O–H groups in total. The second-order valence-corrected chi connectivity index (χ2v) is 26.0. The third-order valence-electron chi connectivity index (χ3n) is 17.1. The topological polar surface area (TPSA) is 203 Å². The van der Waals surface area contributed by atoms with E-state index in [1.165, 1.54) is 84.7 Å². The zero-order chi connectivity index (χ0) is 66.4. The summed E-state index contributed by atoms with van der Waals surface area (Å²) in [7, 11) is -3.34. The van der Waals surface area contributed by atoms with E-state index < -0.39 is 87.9 Å². The number of methoxy groups -OCH3 is 1. The molecule has 2 aliphatic rings. The van der Waals surface area contributed by atoms with Crippen molar-refractivity contribution in [3.05, 3.63) is 226 Å². The number of ether oxygens (including phenoxy) is 10. The third kappa shape index (κ3) is 26.0. The van der Waals surface area contributed by atoms with Gasteiger partial charge < -0.3 is 47.4 Å². The molecule has 8 rings (SSSR count). The van der Waals surface area contributed by atoms with Crippen molar-refractivity contribution in [1.82, 2.24) is 0 Å². The highest BCUT2D eigenvalue weighted by molar-refractivity contribution is 7.48. The summed E-state index contributed by atoms with van der Waals surface area (Å²) in [5.74, 6) is -0.680. The largest absolute Gasteiger partial charge is 0.478 e. The predicted octanol–water partition coefficient (Wildman–Crippen LogP) is 17.3. The van der Waals surface area contributed by atoms with E-state index in [9.17, 15) is 10.3 Å². The van der Waals surface area contributed by atoms with Crippen LogP contribution in [0.3, 0.4) is 0 Å². The third-order valence-corrected chi connectivity index (χ3v) is 18.5. The van der Waals surface area contributed by atoms with Gasteiger partial charge in [-0.1, -0.05) is 290 Å². The van der Waals surface area contributed by atoms with Crippen molar-refractivity contribution >= 4 is 13.8 Å². The molecule has 0 bridgehead atoms. The Morgan fingerprint density at radius 2 is 0.832 bits per heavy atom. The molecule has 0 amide bonds. The second kappa shape index (κ2) is 43.2. The van der Waals surface area contributed by atoms with Gasteiger partial charge in [0.05, 0.1) is 52.9 Å². The molecule has 1 aliphatic carbocycles. The van der Waals surface area contributed by atoms with Crippen LogP contribution in [-0.4, -0.2) is 100 Å². The maximum atomic E-state index is 15.8. The lowest BCUT2D eigenvalue weighted by atomic mass is 9.83. The molecule has 1 saturated heterocycles. The summed E-state index contributed by atoms with van der Waals surface area (Å²) < 4.78 is 103. The molecule has 6 aromatic rings. The number of azide groups is 1. The Bertz CT molecular complexity index is 3090. The van der Waals surface area contributed by atoms with Gasteiger partial charge in [0.25, 0.3) is 0 Å². The highest BCUT2D eigenvalue weighted by Crippen LogP contribution is 2.54. The Morgan fingerprint density at radius 1 is 0.463 bits per heavy atom. The minimum atomic E-state index is -4.83. The molecule has 1 unspecified atom stereocenters. The first-order valence-corrected chi connectivity index (χ1v) is 35.7. The summed E-state index contributed by atoms with van der Waals surface area (Å²) in [6, 6.07) is 56.8. The van der Waals surface area contributed by atoms with Gasteiger partial charge in [0.15, 0.2) is 6.29 Å². The van der Waals surface area contributed by atoms with E-state index in [0.717, 1.165) is 59.1 Å². The van der Waals surface area contributed by atoms with Crippen LogP contribution >= 0.6 is 7.82 Å². The minimum Gasteiger partial charge on any atom is -0.438 e. The lowest BCUT2D eigenvalue weighted by Gasteiger charge is -2.52. The lowest BCUT2D eigenvalue weighted by Crippen LogP contribution is -2.69. The number of phosphoric acid groups is 1. The first kappa shape index (κ1) is 74.6. The quantitative estimate of drug-likeness (QED) is 0.00663. The molecule has 0 spiro atoms. The number of hydrogen-bond donors (Lipinski definition) is 0. The number of esters is 1. The number of carbonyl (C=O) groups excluding carboxylic acids is 1. The van der Waals surface area contributed by atoms with Crippen molar-refractivity contribution in [1.29, 1.82) is 0 Å². The van der Waals surface area contributed by atoms with Crippen LogP contribution in [0.25, 0.3) is 10.4 Å². The molecule has 18 nitrogen and oxygen atoms in total. The van der Waals surface area contributed by atoms with E-state index in [4.69, 9.17) is 60.9 Å². The summed E-state index contributed by atoms with van der Waals surface area (Å²) >= 11 is 0. The van der Waals surface area contributed by atoms with E-state index in [-0.39, 0.29) is 52.9 Å². The summed E-state index contributed by atoms with van der Waals surface area (Å²) in [4.78, 5) is 15.8. The number of nitrogens with zero attached hydrogens (tertiary/aromatic N) is 3. The Hall–Kier alpha value is -6.15. The normalized spacial score (nSPS) is 22.5. The fourth-order valence-electron chi connectivity index (χ4n) is 12.0. The highest BCUT2D eigenvalue weighted by Gasteiger charge is 2.59. The van der Waals surface area contributed by atoms with Gasteiger partial charge in [-0.25, -0.2) is 9.09 Å². The predicted molar refractivity (Wildman–Crippen MR) is 364 cm³/mol. The van der Waals surface area contributed by atoms with Crippen LogP contribution in [0.1, 0.15) is 150 Å². The number of benzene rings is 6. The molecule has 1 heterocycles. The van der Waals surface area contributed by atoms with Crippen molar-refractivity contribution in [3.8, 4) is 0 Å². The van der Waals surface area contributed by atoms with Crippen LogP contribution in [-0.2, 0) is 110 Å². The van der Waals surface area contributed by atoms with E-state index in [1.54, 1.807) is 0 Å². The Labute approximate surface area is 563 Å². The van der Waals surface area contributed by atoms with Gasteiger partial charge in [-0.15, -0.1) is 0 Å². The molecule has 19 heteroatoms. The van der Waals surface area contributed by atoms with Crippen LogP contribution in [0.5, 0.6) is 0 Å². The number of carbonyl (C=O) groups is 1. The monoisotopic (exact) mass is 1330 g/mol. The zero-order valence-electron chi connectivity index (χ0n) is 55.8. The molecule has 95 heavy (non-hydrogen) atoms. The van der Waals surface area contributed by atoms with Crippen molar-refractivity contribution in [2.24, 2.45) is 5.11 Å². The SMILES string of the molecule is CCCCCCCCCCCCCCCCCCOP(=O)(OCOC(C)=O)O[C@@H]1[C@H](OC)[C@H](OCc2ccccc2)[C@@H](OCc2ccccc2)[C@H](OCc2ccccc2)[C@H]1O[C@H]1O[C@H](COCc2ccccc2)[C@@H](OCc2ccccc2)[C@H](OCc2ccccc2)[C@H]1N=[N+]=[N-]. The number of phosphoric ester groups is 1. The fraction of sp³-hybridized carbons (Fsp3) is 0.513. The Balaban J connectivity index is 1.16. The summed E-state index contributed by atoms with van der Waals surface area (Å²) in [6.07, 6.45) is 6.85.